The molecule has 6 heteroatoms. The number of benzene rings is 1. The Morgan fingerprint density at radius 2 is 2.21 bits per heavy atom. The summed E-state index contributed by atoms with van der Waals surface area (Å²) in [5.74, 6) is -0.985. The Morgan fingerprint density at radius 3 is 2.84 bits per heavy atom. The number of halogens is 1. The highest BCUT2D eigenvalue weighted by Gasteiger charge is 2.08. The second kappa shape index (κ2) is 7.43. The third kappa shape index (κ3) is 5.01. The predicted molar refractivity (Wildman–Crippen MR) is 72.3 cm³/mol. The van der Waals surface area contributed by atoms with Crippen molar-refractivity contribution in [2.24, 2.45) is 0 Å². The van der Waals surface area contributed by atoms with Gasteiger partial charge in [-0.2, -0.15) is 0 Å². The molecule has 0 aliphatic carbocycles. The van der Waals surface area contributed by atoms with Gasteiger partial charge in [0.15, 0.2) is 6.61 Å². The highest BCUT2D eigenvalue weighted by molar-refractivity contribution is 6.32. The van der Waals surface area contributed by atoms with Gasteiger partial charge in [-0.1, -0.05) is 17.7 Å². The second-order valence-corrected chi connectivity index (χ2v) is 3.97. The SMILES string of the molecule is CCNC(=O)COc1cccc(Cl)c1/C=C/C(=O)O. The zero-order valence-corrected chi connectivity index (χ0v) is 11.1. The monoisotopic (exact) mass is 283 g/mol. The summed E-state index contributed by atoms with van der Waals surface area (Å²) in [5, 5.41) is 11.6. The maximum Gasteiger partial charge on any atom is 0.328 e. The van der Waals surface area contributed by atoms with Gasteiger partial charge in [0, 0.05) is 18.2 Å². The fraction of sp³-hybridized carbons (Fsp3) is 0.231. The number of rotatable bonds is 6. The van der Waals surface area contributed by atoms with Crippen LogP contribution >= 0.6 is 11.6 Å². The molecule has 19 heavy (non-hydrogen) atoms. The Morgan fingerprint density at radius 1 is 1.47 bits per heavy atom. The van der Waals surface area contributed by atoms with E-state index in [1.807, 2.05) is 0 Å². The standard InChI is InChI=1S/C13H14ClNO4/c1-2-15-12(16)8-19-11-5-3-4-10(14)9(11)6-7-13(17)18/h3-7H,2,8H2,1H3,(H,15,16)(H,17,18)/b7-6+. The summed E-state index contributed by atoms with van der Waals surface area (Å²) < 4.78 is 5.32. The maximum absolute atomic E-state index is 11.3. The molecule has 0 atom stereocenters. The molecule has 1 amide bonds. The number of likely N-dealkylation sites (N-methyl/N-ethyl adjacent to an activating group) is 1. The summed E-state index contributed by atoms with van der Waals surface area (Å²) in [6.07, 6.45) is 2.29. The molecule has 0 unspecified atom stereocenters. The minimum atomic E-state index is -1.09. The van der Waals surface area contributed by atoms with E-state index in [0.29, 0.717) is 22.9 Å². The lowest BCUT2D eigenvalue weighted by Gasteiger charge is -2.10. The number of carbonyl (C=O) groups is 2. The van der Waals surface area contributed by atoms with Crippen molar-refractivity contribution in [3.63, 3.8) is 0 Å². The van der Waals surface area contributed by atoms with E-state index in [1.54, 1.807) is 25.1 Å². The Bertz CT molecular complexity index is 499. The minimum absolute atomic E-state index is 0.151. The van der Waals surface area contributed by atoms with Crippen molar-refractivity contribution < 1.29 is 19.4 Å². The number of amides is 1. The van der Waals surface area contributed by atoms with Gasteiger partial charge < -0.3 is 15.2 Å². The second-order valence-electron chi connectivity index (χ2n) is 3.57. The van der Waals surface area contributed by atoms with Gasteiger partial charge in [0.05, 0.1) is 5.02 Å². The Labute approximate surface area is 115 Å². The Balaban J connectivity index is 2.85. The normalized spacial score (nSPS) is 10.4. The highest BCUT2D eigenvalue weighted by atomic mass is 35.5. The molecular weight excluding hydrogens is 270 g/mol. The first-order valence-corrected chi connectivity index (χ1v) is 6.01. The number of ether oxygens (including phenoxy) is 1. The van der Waals surface area contributed by atoms with Crippen molar-refractivity contribution in [2.75, 3.05) is 13.2 Å². The third-order valence-corrected chi connectivity index (χ3v) is 2.47. The number of carboxylic acids is 1. The van der Waals surface area contributed by atoms with E-state index in [0.717, 1.165) is 6.08 Å². The zero-order chi connectivity index (χ0) is 14.3. The molecule has 0 radical (unpaired) electrons. The van der Waals surface area contributed by atoms with Crippen molar-refractivity contribution in [2.45, 2.75) is 6.92 Å². The Hall–Kier alpha value is -2.01. The molecule has 0 saturated heterocycles. The average Bonchev–Trinajstić information content (AvgIpc) is 2.35. The van der Waals surface area contributed by atoms with Crippen molar-refractivity contribution in [3.05, 3.63) is 34.9 Å². The fourth-order valence-corrected chi connectivity index (χ4v) is 1.58. The van der Waals surface area contributed by atoms with Crippen LogP contribution in [0.15, 0.2) is 24.3 Å². The first kappa shape index (κ1) is 15.0. The molecule has 1 aromatic carbocycles. The van der Waals surface area contributed by atoms with Crippen LogP contribution in [-0.4, -0.2) is 30.1 Å². The van der Waals surface area contributed by atoms with Crippen LogP contribution in [0.5, 0.6) is 5.75 Å². The molecule has 5 nitrogen and oxygen atoms in total. The molecule has 0 fully saturated rings. The maximum atomic E-state index is 11.3. The summed E-state index contributed by atoms with van der Waals surface area (Å²) in [7, 11) is 0. The molecule has 1 rings (SSSR count). The van der Waals surface area contributed by atoms with Crippen LogP contribution < -0.4 is 10.1 Å². The van der Waals surface area contributed by atoms with Crippen LogP contribution in [-0.2, 0) is 9.59 Å². The molecule has 102 valence electrons. The van der Waals surface area contributed by atoms with Crippen LogP contribution in [0.3, 0.4) is 0 Å². The Kier molecular flexibility index (Phi) is 5.89. The minimum Gasteiger partial charge on any atom is -0.483 e. The summed E-state index contributed by atoms with van der Waals surface area (Å²) in [4.78, 5) is 21.8. The van der Waals surface area contributed by atoms with E-state index in [1.165, 1.54) is 6.08 Å². The fourth-order valence-electron chi connectivity index (χ4n) is 1.35. The van der Waals surface area contributed by atoms with Crippen molar-refractivity contribution in [1.82, 2.24) is 5.32 Å². The number of aliphatic carboxylic acids is 1. The third-order valence-electron chi connectivity index (χ3n) is 2.14. The number of hydrogen-bond donors (Lipinski definition) is 2. The van der Waals surface area contributed by atoms with Gasteiger partial charge in [0.2, 0.25) is 0 Å². The van der Waals surface area contributed by atoms with Gasteiger partial charge in [0.1, 0.15) is 5.75 Å². The zero-order valence-electron chi connectivity index (χ0n) is 10.4. The van der Waals surface area contributed by atoms with Crippen LogP contribution in [0, 0.1) is 0 Å². The summed E-state index contributed by atoms with van der Waals surface area (Å²) in [6.45, 7) is 2.17. The largest absolute Gasteiger partial charge is 0.483 e. The smallest absolute Gasteiger partial charge is 0.328 e. The topological polar surface area (TPSA) is 75.6 Å². The summed E-state index contributed by atoms with van der Waals surface area (Å²) in [6, 6.07) is 4.89. The van der Waals surface area contributed by atoms with Crippen molar-refractivity contribution in [3.8, 4) is 5.75 Å². The molecule has 2 N–H and O–H groups in total. The van der Waals surface area contributed by atoms with E-state index in [2.05, 4.69) is 5.32 Å². The molecule has 0 aromatic heterocycles. The molecule has 0 aliphatic heterocycles. The van der Waals surface area contributed by atoms with Crippen LogP contribution in [0.2, 0.25) is 5.02 Å². The van der Waals surface area contributed by atoms with Gasteiger partial charge >= 0.3 is 5.97 Å². The first-order valence-electron chi connectivity index (χ1n) is 5.63. The van der Waals surface area contributed by atoms with Gasteiger partial charge in [-0.15, -0.1) is 0 Å². The van der Waals surface area contributed by atoms with E-state index in [9.17, 15) is 9.59 Å². The van der Waals surface area contributed by atoms with E-state index >= 15 is 0 Å². The van der Waals surface area contributed by atoms with Crippen LogP contribution in [0.4, 0.5) is 0 Å². The van der Waals surface area contributed by atoms with Crippen LogP contribution in [0.1, 0.15) is 12.5 Å². The quantitative estimate of drug-likeness (QED) is 0.783. The highest BCUT2D eigenvalue weighted by Crippen LogP contribution is 2.27. The van der Waals surface area contributed by atoms with E-state index in [4.69, 9.17) is 21.4 Å². The molecular formula is C13H14ClNO4. The molecule has 0 spiro atoms. The predicted octanol–water partition coefficient (Wildman–Crippen LogP) is 1.95. The molecule has 1 aromatic rings. The molecule has 0 saturated carbocycles. The van der Waals surface area contributed by atoms with Crippen molar-refractivity contribution in [1.29, 1.82) is 0 Å². The van der Waals surface area contributed by atoms with E-state index in [-0.39, 0.29) is 12.5 Å². The first-order chi connectivity index (χ1) is 9.04. The summed E-state index contributed by atoms with van der Waals surface area (Å²) in [5.41, 5.74) is 0.427. The summed E-state index contributed by atoms with van der Waals surface area (Å²) >= 11 is 5.96. The lowest BCUT2D eigenvalue weighted by molar-refractivity contribution is -0.131. The van der Waals surface area contributed by atoms with Crippen LogP contribution in [0.25, 0.3) is 6.08 Å². The van der Waals surface area contributed by atoms with E-state index < -0.39 is 5.97 Å². The van der Waals surface area contributed by atoms with Gasteiger partial charge in [-0.05, 0) is 25.1 Å². The molecule has 0 bridgehead atoms. The number of carboxylic acid groups (broad SMARTS) is 1. The number of nitrogens with one attached hydrogen (secondary N) is 1. The lowest BCUT2D eigenvalue weighted by atomic mass is 10.2. The average molecular weight is 284 g/mol. The van der Waals surface area contributed by atoms with Crippen molar-refractivity contribution >= 4 is 29.6 Å². The molecule has 0 aliphatic rings. The lowest BCUT2D eigenvalue weighted by Crippen LogP contribution is -2.28. The van der Waals surface area contributed by atoms with Gasteiger partial charge in [-0.25, -0.2) is 4.79 Å². The number of hydrogen-bond acceptors (Lipinski definition) is 3. The van der Waals surface area contributed by atoms with Gasteiger partial charge in [-0.3, -0.25) is 4.79 Å². The van der Waals surface area contributed by atoms with Gasteiger partial charge in [0.25, 0.3) is 5.91 Å². The number of carbonyl (C=O) groups excluding carboxylic acids is 1. The molecule has 0 heterocycles.